The van der Waals surface area contributed by atoms with E-state index in [2.05, 4.69) is 25.8 Å². The van der Waals surface area contributed by atoms with E-state index in [0.717, 1.165) is 19.0 Å². The minimum Gasteiger partial charge on any atom is -0.303 e. The van der Waals surface area contributed by atoms with Crippen molar-refractivity contribution in [1.29, 1.82) is 0 Å². The topological polar surface area (TPSA) is 20.3 Å². The van der Waals surface area contributed by atoms with Crippen molar-refractivity contribution in [3.8, 4) is 0 Å². The summed E-state index contributed by atoms with van der Waals surface area (Å²) < 4.78 is 0. The highest BCUT2D eigenvalue weighted by Gasteiger charge is 2.35. The zero-order valence-corrected chi connectivity index (χ0v) is 10.2. The predicted molar refractivity (Wildman–Crippen MR) is 61.7 cm³/mol. The first-order chi connectivity index (χ1) is 7.08. The fourth-order valence-corrected chi connectivity index (χ4v) is 2.95. The van der Waals surface area contributed by atoms with E-state index in [1.54, 1.807) is 0 Å². The Kier molecular flexibility index (Phi) is 3.15. The summed E-state index contributed by atoms with van der Waals surface area (Å²) in [5, 5.41) is 0. The summed E-state index contributed by atoms with van der Waals surface area (Å²) in [5.41, 5.74) is 0. The van der Waals surface area contributed by atoms with Gasteiger partial charge in [-0.3, -0.25) is 4.79 Å². The number of ketones is 1. The summed E-state index contributed by atoms with van der Waals surface area (Å²) in [6, 6.07) is 0.782. The Hall–Kier alpha value is -0.370. The number of nitrogens with zero attached hydrogens (tertiary/aromatic N) is 1. The quantitative estimate of drug-likeness (QED) is 0.711. The van der Waals surface area contributed by atoms with Crippen LogP contribution in [0.5, 0.6) is 0 Å². The van der Waals surface area contributed by atoms with Crippen molar-refractivity contribution in [3.05, 3.63) is 0 Å². The van der Waals surface area contributed by atoms with Crippen LogP contribution >= 0.6 is 0 Å². The first kappa shape index (κ1) is 11.1. The Labute approximate surface area is 93.0 Å². The zero-order valence-electron chi connectivity index (χ0n) is 10.2. The van der Waals surface area contributed by atoms with Crippen molar-refractivity contribution < 1.29 is 4.79 Å². The lowest BCUT2D eigenvalue weighted by molar-refractivity contribution is -0.128. The molecular weight excluding hydrogens is 186 g/mol. The molecule has 0 amide bonds. The standard InChI is InChI=1S/C13H23NO/c1-9-6-10(2)12(13(15)7-9)8-14(3)11-4-5-11/h9-12H,4-8H2,1-3H3. The van der Waals surface area contributed by atoms with Crippen LogP contribution in [0.1, 0.15) is 39.5 Å². The molecule has 0 radical (unpaired) electrons. The second kappa shape index (κ2) is 4.25. The molecule has 0 spiro atoms. The van der Waals surface area contributed by atoms with Gasteiger partial charge in [-0.15, -0.1) is 0 Å². The van der Waals surface area contributed by atoms with Crippen molar-refractivity contribution in [1.82, 2.24) is 4.90 Å². The number of hydrogen-bond acceptors (Lipinski definition) is 2. The molecule has 2 fully saturated rings. The maximum atomic E-state index is 12.0. The van der Waals surface area contributed by atoms with E-state index < -0.39 is 0 Å². The van der Waals surface area contributed by atoms with Gasteiger partial charge >= 0.3 is 0 Å². The van der Waals surface area contributed by atoms with Crippen LogP contribution < -0.4 is 0 Å². The van der Waals surface area contributed by atoms with Crippen LogP contribution in [0.3, 0.4) is 0 Å². The average Bonchev–Trinajstić information content (AvgIpc) is 2.93. The minimum atomic E-state index is 0.312. The lowest BCUT2D eigenvalue weighted by Gasteiger charge is -2.34. The van der Waals surface area contributed by atoms with Crippen LogP contribution in [0.25, 0.3) is 0 Å². The van der Waals surface area contributed by atoms with Gasteiger partial charge in [0.1, 0.15) is 5.78 Å². The van der Waals surface area contributed by atoms with E-state index >= 15 is 0 Å². The molecule has 2 aliphatic rings. The molecule has 0 bridgehead atoms. The highest BCUT2D eigenvalue weighted by atomic mass is 16.1. The molecule has 0 aromatic heterocycles. The number of hydrogen-bond donors (Lipinski definition) is 0. The Morgan fingerprint density at radius 3 is 2.53 bits per heavy atom. The van der Waals surface area contributed by atoms with E-state index in [9.17, 15) is 4.79 Å². The normalized spacial score (nSPS) is 37.3. The summed E-state index contributed by atoms with van der Waals surface area (Å²) in [6.45, 7) is 5.45. The molecule has 15 heavy (non-hydrogen) atoms. The second-order valence-corrected chi connectivity index (χ2v) is 5.77. The van der Waals surface area contributed by atoms with Gasteiger partial charge in [-0.1, -0.05) is 13.8 Å². The zero-order chi connectivity index (χ0) is 11.0. The number of carbonyl (C=O) groups excluding carboxylic acids is 1. The molecule has 2 nitrogen and oxygen atoms in total. The molecule has 0 saturated heterocycles. The van der Waals surface area contributed by atoms with Crippen LogP contribution in [0.4, 0.5) is 0 Å². The van der Waals surface area contributed by atoms with E-state index in [0.29, 0.717) is 23.5 Å². The van der Waals surface area contributed by atoms with Gasteiger partial charge in [0.15, 0.2) is 0 Å². The summed E-state index contributed by atoms with van der Waals surface area (Å²) in [7, 11) is 2.18. The third kappa shape index (κ3) is 2.60. The average molecular weight is 209 g/mol. The molecule has 0 aliphatic heterocycles. The summed E-state index contributed by atoms with van der Waals surface area (Å²) in [5.74, 6) is 2.01. The van der Waals surface area contributed by atoms with E-state index in [1.807, 2.05) is 0 Å². The summed E-state index contributed by atoms with van der Waals surface area (Å²) in [6.07, 6.45) is 4.72. The van der Waals surface area contributed by atoms with Crippen molar-refractivity contribution in [2.75, 3.05) is 13.6 Å². The SMILES string of the molecule is CC1CC(=O)C(CN(C)C2CC2)C(C)C1. The maximum Gasteiger partial charge on any atom is 0.137 e. The Balaban J connectivity index is 1.91. The Morgan fingerprint density at radius 2 is 2.00 bits per heavy atom. The largest absolute Gasteiger partial charge is 0.303 e. The summed E-state index contributed by atoms with van der Waals surface area (Å²) in [4.78, 5) is 14.4. The van der Waals surface area contributed by atoms with E-state index in [4.69, 9.17) is 0 Å². The number of rotatable bonds is 3. The molecule has 0 heterocycles. The van der Waals surface area contributed by atoms with Gasteiger partial charge in [-0.05, 0) is 38.1 Å². The van der Waals surface area contributed by atoms with Gasteiger partial charge < -0.3 is 4.90 Å². The van der Waals surface area contributed by atoms with Crippen LogP contribution in [0, 0.1) is 17.8 Å². The monoisotopic (exact) mass is 209 g/mol. The third-order valence-corrected chi connectivity index (χ3v) is 4.08. The van der Waals surface area contributed by atoms with Gasteiger partial charge in [0.2, 0.25) is 0 Å². The van der Waals surface area contributed by atoms with Crippen molar-refractivity contribution >= 4 is 5.78 Å². The minimum absolute atomic E-state index is 0.312. The van der Waals surface area contributed by atoms with Gasteiger partial charge in [-0.2, -0.15) is 0 Å². The molecular formula is C13H23NO. The highest BCUT2D eigenvalue weighted by Crippen LogP contribution is 2.33. The molecule has 0 aromatic rings. The fraction of sp³-hybridized carbons (Fsp3) is 0.923. The molecule has 0 N–H and O–H groups in total. The fourth-order valence-electron chi connectivity index (χ4n) is 2.95. The predicted octanol–water partition coefficient (Wildman–Crippen LogP) is 2.33. The third-order valence-electron chi connectivity index (χ3n) is 4.08. The van der Waals surface area contributed by atoms with Crippen molar-refractivity contribution in [2.24, 2.45) is 17.8 Å². The lowest BCUT2D eigenvalue weighted by atomic mass is 9.74. The molecule has 2 rings (SSSR count). The van der Waals surface area contributed by atoms with Gasteiger partial charge in [0.05, 0.1) is 0 Å². The van der Waals surface area contributed by atoms with Crippen LogP contribution in [-0.4, -0.2) is 30.3 Å². The van der Waals surface area contributed by atoms with Crippen LogP contribution in [-0.2, 0) is 4.79 Å². The smallest absolute Gasteiger partial charge is 0.137 e. The molecule has 2 aliphatic carbocycles. The second-order valence-electron chi connectivity index (χ2n) is 5.77. The van der Waals surface area contributed by atoms with E-state index in [1.165, 1.54) is 19.3 Å². The van der Waals surface area contributed by atoms with Crippen molar-refractivity contribution in [3.63, 3.8) is 0 Å². The molecule has 3 unspecified atom stereocenters. The summed E-state index contributed by atoms with van der Waals surface area (Å²) >= 11 is 0. The molecule has 0 aromatic carbocycles. The molecule has 3 atom stereocenters. The maximum absolute atomic E-state index is 12.0. The van der Waals surface area contributed by atoms with Gasteiger partial charge in [-0.25, -0.2) is 0 Å². The van der Waals surface area contributed by atoms with E-state index in [-0.39, 0.29) is 0 Å². The van der Waals surface area contributed by atoms with Crippen molar-refractivity contribution in [2.45, 2.75) is 45.6 Å². The van der Waals surface area contributed by atoms with Gasteiger partial charge in [0.25, 0.3) is 0 Å². The first-order valence-electron chi connectivity index (χ1n) is 6.31. The van der Waals surface area contributed by atoms with Crippen LogP contribution in [0.2, 0.25) is 0 Å². The van der Waals surface area contributed by atoms with Gasteiger partial charge in [0, 0.05) is 24.9 Å². The number of Topliss-reactive ketones (excluding diaryl/α,β-unsaturated/α-hetero) is 1. The highest BCUT2D eigenvalue weighted by molar-refractivity contribution is 5.82. The number of carbonyl (C=O) groups is 1. The van der Waals surface area contributed by atoms with Crippen LogP contribution in [0.15, 0.2) is 0 Å². The molecule has 86 valence electrons. The lowest BCUT2D eigenvalue weighted by Crippen LogP contribution is -2.39. The Bertz CT molecular complexity index is 247. The Morgan fingerprint density at radius 1 is 1.33 bits per heavy atom. The first-order valence-corrected chi connectivity index (χ1v) is 6.31. The molecule has 2 saturated carbocycles. The molecule has 2 heteroatoms.